The van der Waals surface area contributed by atoms with Crippen LogP contribution in [0.1, 0.15) is 45.6 Å². The van der Waals surface area contributed by atoms with Crippen molar-refractivity contribution in [2.75, 3.05) is 5.32 Å². The summed E-state index contributed by atoms with van der Waals surface area (Å²) in [7, 11) is 0. The molecule has 2 rings (SSSR count). The molecule has 1 aromatic carbocycles. The van der Waals surface area contributed by atoms with Gasteiger partial charge in [0.2, 0.25) is 5.91 Å². The number of carboxylic acids is 1. The molecule has 4 heteroatoms. The smallest absolute Gasteiger partial charge is 0.307 e. The van der Waals surface area contributed by atoms with E-state index in [-0.39, 0.29) is 5.91 Å². The van der Waals surface area contributed by atoms with Gasteiger partial charge in [-0.1, -0.05) is 36.6 Å². The summed E-state index contributed by atoms with van der Waals surface area (Å²) >= 11 is 0. The normalized spacial score (nSPS) is 21.2. The molecule has 0 fully saturated rings. The van der Waals surface area contributed by atoms with E-state index in [4.69, 9.17) is 0 Å². The Morgan fingerprint density at radius 3 is 2.17 bits per heavy atom. The number of hydrogen-bond acceptors (Lipinski definition) is 2. The minimum atomic E-state index is -0.893. The van der Waals surface area contributed by atoms with Crippen LogP contribution in [-0.2, 0) is 16.0 Å². The number of nitrogens with one attached hydrogen (secondary N) is 1. The van der Waals surface area contributed by atoms with Crippen LogP contribution in [0.5, 0.6) is 0 Å². The molecule has 2 atom stereocenters. The molecule has 1 aromatic rings. The Labute approximate surface area is 137 Å². The van der Waals surface area contributed by atoms with Crippen LogP contribution in [0.3, 0.4) is 0 Å². The maximum absolute atomic E-state index is 12.5. The van der Waals surface area contributed by atoms with Gasteiger partial charge in [-0.25, -0.2) is 0 Å². The van der Waals surface area contributed by atoms with Crippen LogP contribution in [0.4, 0.5) is 5.69 Å². The van der Waals surface area contributed by atoms with Crippen molar-refractivity contribution in [3.05, 3.63) is 41.0 Å². The average molecular weight is 315 g/mol. The number of rotatable bonds is 5. The van der Waals surface area contributed by atoms with Crippen LogP contribution in [-0.4, -0.2) is 17.0 Å². The number of aliphatic carboxylic acids is 1. The molecule has 4 nitrogen and oxygen atoms in total. The SMILES string of the molecule is CCCc1ccc(NC(=O)[C@H]2CC(C)=C(C)C[C@H]2C(=O)O)cc1. The fourth-order valence-electron chi connectivity index (χ4n) is 3.11. The second-order valence-electron chi connectivity index (χ2n) is 6.46. The highest BCUT2D eigenvalue weighted by molar-refractivity contribution is 5.95. The highest BCUT2D eigenvalue weighted by Crippen LogP contribution is 2.35. The van der Waals surface area contributed by atoms with E-state index in [1.807, 2.05) is 38.1 Å². The topological polar surface area (TPSA) is 66.4 Å². The van der Waals surface area contributed by atoms with Gasteiger partial charge in [-0.15, -0.1) is 0 Å². The number of carboxylic acid groups (broad SMARTS) is 1. The standard InChI is InChI=1S/C19H25NO3/c1-4-5-14-6-8-15(9-7-14)20-18(21)16-10-12(2)13(3)11-17(16)19(22)23/h6-9,16-17H,4-5,10-11H2,1-3H3,(H,20,21)(H,22,23)/t16-,17+/m0/s1. The van der Waals surface area contributed by atoms with E-state index in [2.05, 4.69) is 12.2 Å². The molecule has 0 saturated carbocycles. The Morgan fingerprint density at radius 1 is 1.09 bits per heavy atom. The van der Waals surface area contributed by atoms with Gasteiger partial charge in [0.1, 0.15) is 0 Å². The van der Waals surface area contributed by atoms with Crippen molar-refractivity contribution in [2.45, 2.75) is 46.5 Å². The fourth-order valence-corrected chi connectivity index (χ4v) is 3.11. The quantitative estimate of drug-likeness (QED) is 0.806. The molecular formula is C19H25NO3. The van der Waals surface area contributed by atoms with E-state index in [9.17, 15) is 14.7 Å². The first-order valence-electron chi connectivity index (χ1n) is 8.20. The van der Waals surface area contributed by atoms with Gasteiger partial charge in [0, 0.05) is 5.69 Å². The van der Waals surface area contributed by atoms with Crippen molar-refractivity contribution in [3.8, 4) is 0 Å². The van der Waals surface area contributed by atoms with E-state index in [1.165, 1.54) is 5.56 Å². The Bertz CT molecular complexity index is 616. The zero-order valence-electron chi connectivity index (χ0n) is 14.1. The van der Waals surface area contributed by atoms with Crippen LogP contribution in [0, 0.1) is 11.8 Å². The molecule has 1 amide bonds. The maximum Gasteiger partial charge on any atom is 0.307 e. The predicted octanol–water partition coefficient (Wildman–Crippen LogP) is 4.02. The summed E-state index contributed by atoms with van der Waals surface area (Å²) in [5.74, 6) is -2.24. The summed E-state index contributed by atoms with van der Waals surface area (Å²) < 4.78 is 0. The van der Waals surface area contributed by atoms with E-state index in [0.717, 1.165) is 29.7 Å². The third kappa shape index (κ3) is 4.21. The lowest BCUT2D eigenvalue weighted by molar-refractivity contribution is -0.146. The molecule has 0 spiro atoms. The summed E-state index contributed by atoms with van der Waals surface area (Å²) in [5.41, 5.74) is 4.18. The van der Waals surface area contributed by atoms with Crippen LogP contribution in [0.25, 0.3) is 0 Å². The monoisotopic (exact) mass is 315 g/mol. The van der Waals surface area contributed by atoms with Crippen molar-refractivity contribution in [3.63, 3.8) is 0 Å². The van der Waals surface area contributed by atoms with Gasteiger partial charge in [-0.2, -0.15) is 0 Å². The van der Waals surface area contributed by atoms with E-state index < -0.39 is 17.8 Å². The molecule has 0 radical (unpaired) electrons. The third-order valence-electron chi connectivity index (χ3n) is 4.68. The van der Waals surface area contributed by atoms with E-state index >= 15 is 0 Å². The van der Waals surface area contributed by atoms with Gasteiger partial charge in [-0.05, 0) is 50.8 Å². The highest BCUT2D eigenvalue weighted by Gasteiger charge is 2.37. The summed E-state index contributed by atoms with van der Waals surface area (Å²) in [6, 6.07) is 7.78. The lowest BCUT2D eigenvalue weighted by Gasteiger charge is -2.29. The molecular weight excluding hydrogens is 290 g/mol. The third-order valence-corrected chi connectivity index (χ3v) is 4.68. The molecule has 2 N–H and O–H groups in total. The number of carbonyl (C=O) groups is 2. The van der Waals surface area contributed by atoms with Gasteiger partial charge in [0.25, 0.3) is 0 Å². The van der Waals surface area contributed by atoms with Gasteiger partial charge in [0.05, 0.1) is 11.8 Å². The van der Waals surface area contributed by atoms with Crippen LogP contribution < -0.4 is 5.32 Å². The molecule has 0 unspecified atom stereocenters. The van der Waals surface area contributed by atoms with Gasteiger partial charge in [-0.3, -0.25) is 9.59 Å². The minimum Gasteiger partial charge on any atom is -0.481 e. The zero-order valence-corrected chi connectivity index (χ0v) is 14.1. The number of amides is 1. The second kappa shape index (κ2) is 7.44. The maximum atomic E-state index is 12.5. The summed E-state index contributed by atoms with van der Waals surface area (Å²) in [5, 5.41) is 12.3. The molecule has 0 aromatic heterocycles. The lowest BCUT2D eigenvalue weighted by Crippen LogP contribution is -2.36. The average Bonchev–Trinajstić information content (AvgIpc) is 2.51. The fraction of sp³-hybridized carbons (Fsp3) is 0.474. The highest BCUT2D eigenvalue weighted by atomic mass is 16.4. The van der Waals surface area contributed by atoms with Crippen LogP contribution in [0.2, 0.25) is 0 Å². The van der Waals surface area contributed by atoms with Crippen molar-refractivity contribution in [1.29, 1.82) is 0 Å². The first-order valence-corrected chi connectivity index (χ1v) is 8.20. The molecule has 1 aliphatic rings. The largest absolute Gasteiger partial charge is 0.481 e. The number of benzene rings is 1. The first kappa shape index (κ1) is 17.3. The van der Waals surface area contributed by atoms with Gasteiger partial charge < -0.3 is 10.4 Å². The predicted molar refractivity (Wildman–Crippen MR) is 91.3 cm³/mol. The summed E-state index contributed by atoms with van der Waals surface area (Å²) in [4.78, 5) is 24.0. The Balaban J connectivity index is 2.10. The summed E-state index contributed by atoms with van der Waals surface area (Å²) in [6.07, 6.45) is 3.07. The molecule has 0 aliphatic heterocycles. The Kier molecular flexibility index (Phi) is 5.59. The van der Waals surface area contributed by atoms with E-state index in [0.29, 0.717) is 12.8 Å². The first-order chi connectivity index (χ1) is 10.9. The van der Waals surface area contributed by atoms with Crippen molar-refractivity contribution < 1.29 is 14.7 Å². The molecule has 23 heavy (non-hydrogen) atoms. The van der Waals surface area contributed by atoms with Crippen molar-refractivity contribution in [1.82, 2.24) is 0 Å². The Morgan fingerprint density at radius 2 is 1.65 bits per heavy atom. The van der Waals surface area contributed by atoms with Gasteiger partial charge >= 0.3 is 5.97 Å². The summed E-state index contributed by atoms with van der Waals surface area (Å²) in [6.45, 7) is 6.06. The van der Waals surface area contributed by atoms with Crippen LogP contribution >= 0.6 is 0 Å². The Hall–Kier alpha value is -2.10. The number of allylic oxidation sites excluding steroid dienone is 2. The number of carbonyl (C=O) groups excluding carboxylic acids is 1. The molecule has 0 bridgehead atoms. The number of aryl methyl sites for hydroxylation is 1. The molecule has 124 valence electrons. The molecule has 0 heterocycles. The van der Waals surface area contributed by atoms with Crippen LogP contribution in [0.15, 0.2) is 35.4 Å². The van der Waals surface area contributed by atoms with E-state index in [1.54, 1.807) is 0 Å². The molecule has 1 aliphatic carbocycles. The lowest BCUT2D eigenvalue weighted by atomic mass is 9.76. The zero-order chi connectivity index (χ0) is 17.0. The molecule has 0 saturated heterocycles. The van der Waals surface area contributed by atoms with Crippen molar-refractivity contribution >= 4 is 17.6 Å². The number of anilines is 1. The minimum absolute atomic E-state index is 0.201. The number of hydrogen-bond donors (Lipinski definition) is 2. The van der Waals surface area contributed by atoms with Crippen molar-refractivity contribution in [2.24, 2.45) is 11.8 Å². The second-order valence-corrected chi connectivity index (χ2v) is 6.46. The van der Waals surface area contributed by atoms with Gasteiger partial charge in [0.15, 0.2) is 0 Å².